The number of hydrogen-bond donors (Lipinski definition) is 1. The van der Waals surface area contributed by atoms with Crippen molar-refractivity contribution in [1.82, 2.24) is 0 Å². The number of hydrogen-bond acceptors (Lipinski definition) is 2. The van der Waals surface area contributed by atoms with E-state index in [1.54, 1.807) is 20.8 Å². The summed E-state index contributed by atoms with van der Waals surface area (Å²) in [5.74, 6) is 0. The highest BCUT2D eigenvalue weighted by molar-refractivity contribution is 5.73. The van der Waals surface area contributed by atoms with Gasteiger partial charge in [0.05, 0.1) is 6.10 Å². The lowest BCUT2D eigenvalue weighted by atomic mass is 10.1. The molecule has 0 spiro atoms. The summed E-state index contributed by atoms with van der Waals surface area (Å²) < 4.78 is 0. The summed E-state index contributed by atoms with van der Waals surface area (Å²) in [7, 11) is 0. The van der Waals surface area contributed by atoms with E-state index in [9.17, 15) is 4.79 Å². The van der Waals surface area contributed by atoms with E-state index in [-0.39, 0.29) is 0 Å². The molecule has 0 radical (unpaired) electrons. The molecule has 2 heteroatoms. The SMILES string of the molecule is C/C(C=O)=C(/C)C(C)O. The Hall–Kier alpha value is -0.630. The molecule has 0 aliphatic rings. The van der Waals surface area contributed by atoms with Crippen molar-refractivity contribution < 1.29 is 9.90 Å². The Morgan fingerprint density at radius 3 is 2.11 bits per heavy atom. The minimum atomic E-state index is -0.504. The Labute approximate surface area is 55.2 Å². The molecule has 0 saturated heterocycles. The van der Waals surface area contributed by atoms with E-state index in [0.717, 1.165) is 11.9 Å². The standard InChI is InChI=1S/C7H12O2/c1-5(4-8)6(2)7(3)9/h4,7,9H,1-3H3/b6-5+. The fourth-order valence-corrected chi connectivity index (χ4v) is 0.422. The van der Waals surface area contributed by atoms with Crippen LogP contribution in [0.4, 0.5) is 0 Å². The Bertz CT molecular complexity index is 134. The zero-order valence-electron chi connectivity index (χ0n) is 6.01. The smallest absolute Gasteiger partial charge is 0.145 e. The van der Waals surface area contributed by atoms with Gasteiger partial charge in [0.1, 0.15) is 6.29 Å². The average Bonchev–Trinajstić information content (AvgIpc) is 1.84. The maximum absolute atomic E-state index is 10.1. The molecule has 52 valence electrons. The first-order chi connectivity index (χ1) is 4.09. The van der Waals surface area contributed by atoms with Crippen LogP contribution in [0.5, 0.6) is 0 Å². The molecule has 0 bridgehead atoms. The molecule has 1 N–H and O–H groups in total. The quantitative estimate of drug-likeness (QED) is 0.443. The van der Waals surface area contributed by atoms with Crippen LogP contribution in [-0.2, 0) is 4.79 Å². The molecule has 0 saturated carbocycles. The number of aliphatic hydroxyl groups is 1. The average molecular weight is 128 g/mol. The Kier molecular flexibility index (Phi) is 3.17. The molecular weight excluding hydrogens is 116 g/mol. The third kappa shape index (κ3) is 2.42. The molecule has 0 amide bonds. The van der Waals surface area contributed by atoms with Crippen molar-refractivity contribution in [2.24, 2.45) is 0 Å². The highest BCUT2D eigenvalue weighted by Crippen LogP contribution is 2.04. The lowest BCUT2D eigenvalue weighted by Gasteiger charge is -2.04. The van der Waals surface area contributed by atoms with Gasteiger partial charge in [0.2, 0.25) is 0 Å². The third-order valence-electron chi connectivity index (χ3n) is 1.43. The van der Waals surface area contributed by atoms with Gasteiger partial charge < -0.3 is 5.11 Å². The maximum atomic E-state index is 10.1. The van der Waals surface area contributed by atoms with E-state index in [4.69, 9.17) is 5.11 Å². The lowest BCUT2D eigenvalue weighted by Crippen LogP contribution is -2.03. The topological polar surface area (TPSA) is 37.3 Å². The summed E-state index contributed by atoms with van der Waals surface area (Å²) in [4.78, 5) is 10.1. The predicted molar refractivity (Wildman–Crippen MR) is 36.1 cm³/mol. The van der Waals surface area contributed by atoms with Crippen molar-refractivity contribution in [3.05, 3.63) is 11.1 Å². The van der Waals surface area contributed by atoms with Crippen LogP contribution in [0, 0.1) is 0 Å². The molecule has 0 rings (SSSR count). The third-order valence-corrected chi connectivity index (χ3v) is 1.43. The summed E-state index contributed by atoms with van der Waals surface area (Å²) in [6.07, 6.45) is 0.248. The minimum Gasteiger partial charge on any atom is -0.389 e. The fraction of sp³-hybridized carbons (Fsp3) is 0.571. The molecule has 0 aromatic rings. The van der Waals surface area contributed by atoms with Gasteiger partial charge in [-0.1, -0.05) is 0 Å². The molecule has 0 aliphatic carbocycles. The molecule has 0 heterocycles. The summed E-state index contributed by atoms with van der Waals surface area (Å²) >= 11 is 0. The largest absolute Gasteiger partial charge is 0.389 e. The molecule has 0 aromatic heterocycles. The number of allylic oxidation sites excluding steroid dienone is 1. The van der Waals surface area contributed by atoms with Gasteiger partial charge in [0, 0.05) is 0 Å². The number of aldehydes is 1. The van der Waals surface area contributed by atoms with Gasteiger partial charge >= 0.3 is 0 Å². The second-order valence-electron chi connectivity index (χ2n) is 2.16. The van der Waals surface area contributed by atoms with Gasteiger partial charge in [-0.25, -0.2) is 0 Å². The van der Waals surface area contributed by atoms with E-state index in [0.29, 0.717) is 5.57 Å². The molecule has 0 aliphatic heterocycles. The zero-order valence-corrected chi connectivity index (χ0v) is 6.01. The van der Waals surface area contributed by atoms with E-state index >= 15 is 0 Å². The number of carbonyl (C=O) groups is 1. The Morgan fingerprint density at radius 1 is 1.56 bits per heavy atom. The Balaban J connectivity index is 4.27. The second kappa shape index (κ2) is 3.41. The molecule has 2 nitrogen and oxygen atoms in total. The summed E-state index contributed by atoms with van der Waals surface area (Å²) in [6, 6.07) is 0. The zero-order chi connectivity index (χ0) is 7.44. The van der Waals surface area contributed by atoms with Crippen molar-refractivity contribution in [3.8, 4) is 0 Å². The van der Waals surface area contributed by atoms with Gasteiger partial charge in [0.15, 0.2) is 0 Å². The summed E-state index contributed by atoms with van der Waals surface area (Å²) in [6.45, 7) is 5.08. The van der Waals surface area contributed by atoms with Crippen LogP contribution in [-0.4, -0.2) is 17.5 Å². The highest BCUT2D eigenvalue weighted by atomic mass is 16.3. The van der Waals surface area contributed by atoms with Crippen LogP contribution >= 0.6 is 0 Å². The van der Waals surface area contributed by atoms with Crippen molar-refractivity contribution in [2.75, 3.05) is 0 Å². The molecule has 0 aromatic carbocycles. The summed E-state index contributed by atoms with van der Waals surface area (Å²) in [5.41, 5.74) is 1.36. The van der Waals surface area contributed by atoms with Gasteiger partial charge in [0.25, 0.3) is 0 Å². The first kappa shape index (κ1) is 8.37. The number of rotatable bonds is 2. The van der Waals surface area contributed by atoms with Crippen molar-refractivity contribution in [2.45, 2.75) is 26.9 Å². The molecule has 9 heavy (non-hydrogen) atoms. The van der Waals surface area contributed by atoms with Crippen LogP contribution in [0.15, 0.2) is 11.1 Å². The van der Waals surface area contributed by atoms with Crippen molar-refractivity contribution >= 4 is 6.29 Å². The number of carbonyl (C=O) groups excluding carboxylic acids is 1. The van der Waals surface area contributed by atoms with Crippen LogP contribution in [0.3, 0.4) is 0 Å². The van der Waals surface area contributed by atoms with Crippen molar-refractivity contribution in [3.63, 3.8) is 0 Å². The predicted octanol–water partition coefficient (Wildman–Crippen LogP) is 0.903. The Morgan fingerprint density at radius 2 is 2.00 bits per heavy atom. The van der Waals surface area contributed by atoms with Crippen LogP contribution in [0.2, 0.25) is 0 Å². The number of aliphatic hydroxyl groups excluding tert-OH is 1. The minimum absolute atomic E-state index is 0.504. The molecule has 0 fully saturated rings. The van der Waals surface area contributed by atoms with Gasteiger partial charge in [-0.15, -0.1) is 0 Å². The molecule has 1 atom stereocenters. The normalized spacial score (nSPS) is 16.4. The highest BCUT2D eigenvalue weighted by Gasteiger charge is 2.00. The van der Waals surface area contributed by atoms with Crippen LogP contribution < -0.4 is 0 Å². The van der Waals surface area contributed by atoms with E-state index in [2.05, 4.69) is 0 Å². The van der Waals surface area contributed by atoms with E-state index < -0.39 is 6.10 Å². The van der Waals surface area contributed by atoms with Crippen LogP contribution in [0.1, 0.15) is 20.8 Å². The van der Waals surface area contributed by atoms with Gasteiger partial charge in [-0.3, -0.25) is 4.79 Å². The molecule has 1 unspecified atom stereocenters. The van der Waals surface area contributed by atoms with E-state index in [1.807, 2.05) is 0 Å². The monoisotopic (exact) mass is 128 g/mol. The molecular formula is C7H12O2. The maximum Gasteiger partial charge on any atom is 0.145 e. The van der Waals surface area contributed by atoms with Crippen LogP contribution in [0.25, 0.3) is 0 Å². The second-order valence-corrected chi connectivity index (χ2v) is 2.16. The van der Waals surface area contributed by atoms with E-state index in [1.165, 1.54) is 0 Å². The fourth-order valence-electron chi connectivity index (χ4n) is 0.422. The lowest BCUT2D eigenvalue weighted by molar-refractivity contribution is -0.105. The first-order valence-electron chi connectivity index (χ1n) is 2.90. The van der Waals surface area contributed by atoms with Crippen molar-refractivity contribution in [1.29, 1.82) is 0 Å². The van der Waals surface area contributed by atoms with Gasteiger partial charge in [-0.2, -0.15) is 0 Å². The first-order valence-corrected chi connectivity index (χ1v) is 2.90. The van der Waals surface area contributed by atoms with Gasteiger partial charge in [-0.05, 0) is 31.9 Å². The summed E-state index contributed by atoms with van der Waals surface area (Å²) in [5, 5.41) is 8.91.